The number of ether oxygens (including phenoxy) is 1. The van der Waals surface area contributed by atoms with Crippen molar-refractivity contribution in [3.05, 3.63) is 48.0 Å². The van der Waals surface area contributed by atoms with Crippen LogP contribution in [-0.4, -0.2) is 41.1 Å². The number of nitrogens with zero attached hydrogens (tertiary/aromatic N) is 3. The molecule has 1 N–H and O–H groups in total. The van der Waals surface area contributed by atoms with Crippen molar-refractivity contribution in [3.8, 4) is 5.75 Å². The van der Waals surface area contributed by atoms with Crippen LogP contribution < -0.4 is 10.1 Å². The number of nitrogens with one attached hydrogen (secondary N) is 1. The van der Waals surface area contributed by atoms with E-state index in [9.17, 15) is 4.79 Å². The first-order chi connectivity index (χ1) is 11.5. The standard InChI is InChI=1S/C18H26N4O2/c1-5-16(20-11-14-10-19-13-22(14)4)15-8-6-7-9-17(15)24-12-18(23)21(2)3/h6-10,13,16,20H,5,11-12H2,1-4H3. The molecule has 2 aromatic rings. The number of aromatic nitrogens is 2. The Morgan fingerprint density at radius 1 is 1.38 bits per heavy atom. The molecule has 1 aromatic carbocycles. The summed E-state index contributed by atoms with van der Waals surface area (Å²) in [6.45, 7) is 2.89. The smallest absolute Gasteiger partial charge is 0.259 e. The van der Waals surface area contributed by atoms with Crippen LogP contribution in [0.2, 0.25) is 0 Å². The SMILES string of the molecule is CCC(NCc1cncn1C)c1ccccc1OCC(=O)N(C)C. The topological polar surface area (TPSA) is 59.4 Å². The lowest BCUT2D eigenvalue weighted by Gasteiger charge is -2.21. The molecule has 2 rings (SSSR count). The third-order valence-corrected chi connectivity index (χ3v) is 4.00. The average Bonchev–Trinajstić information content (AvgIpc) is 2.99. The Labute approximate surface area is 143 Å². The minimum absolute atomic E-state index is 0.0438. The van der Waals surface area contributed by atoms with E-state index in [1.165, 1.54) is 4.90 Å². The summed E-state index contributed by atoms with van der Waals surface area (Å²) >= 11 is 0. The van der Waals surface area contributed by atoms with E-state index in [1.54, 1.807) is 20.4 Å². The molecule has 0 spiro atoms. The number of aryl methyl sites for hydroxylation is 1. The molecule has 1 heterocycles. The molecule has 1 aromatic heterocycles. The van der Waals surface area contributed by atoms with Gasteiger partial charge in [-0.3, -0.25) is 4.79 Å². The molecule has 6 nitrogen and oxygen atoms in total. The number of para-hydroxylation sites is 1. The molecule has 0 bridgehead atoms. The maximum absolute atomic E-state index is 11.8. The molecule has 0 aliphatic carbocycles. The number of benzene rings is 1. The number of carbonyl (C=O) groups excluding carboxylic acids is 1. The predicted molar refractivity (Wildman–Crippen MR) is 93.7 cm³/mol. The lowest BCUT2D eigenvalue weighted by Crippen LogP contribution is -2.28. The van der Waals surface area contributed by atoms with E-state index < -0.39 is 0 Å². The largest absolute Gasteiger partial charge is 0.483 e. The third kappa shape index (κ3) is 4.58. The molecule has 0 saturated carbocycles. The second-order valence-corrected chi connectivity index (χ2v) is 5.95. The molecule has 6 heteroatoms. The van der Waals surface area contributed by atoms with Gasteiger partial charge in [0.25, 0.3) is 5.91 Å². The van der Waals surface area contributed by atoms with Gasteiger partial charge >= 0.3 is 0 Å². The highest BCUT2D eigenvalue weighted by atomic mass is 16.5. The number of hydrogen-bond donors (Lipinski definition) is 1. The van der Waals surface area contributed by atoms with Gasteiger partial charge in [-0.1, -0.05) is 25.1 Å². The van der Waals surface area contributed by atoms with Crippen LogP contribution in [0, 0.1) is 0 Å². The van der Waals surface area contributed by atoms with Crippen molar-refractivity contribution in [2.24, 2.45) is 7.05 Å². The van der Waals surface area contributed by atoms with Gasteiger partial charge in [-0.2, -0.15) is 0 Å². The van der Waals surface area contributed by atoms with E-state index in [4.69, 9.17) is 4.74 Å². The Hall–Kier alpha value is -2.34. The van der Waals surface area contributed by atoms with Gasteiger partial charge in [0.15, 0.2) is 6.61 Å². The van der Waals surface area contributed by atoms with Gasteiger partial charge < -0.3 is 19.5 Å². The Kier molecular flexibility index (Phi) is 6.37. The van der Waals surface area contributed by atoms with Gasteiger partial charge in [0.2, 0.25) is 0 Å². The molecule has 0 saturated heterocycles. The maximum Gasteiger partial charge on any atom is 0.259 e. The number of imidazole rings is 1. The molecule has 130 valence electrons. The van der Waals surface area contributed by atoms with Crippen molar-refractivity contribution in [2.45, 2.75) is 25.9 Å². The Balaban J connectivity index is 2.07. The number of hydrogen-bond acceptors (Lipinski definition) is 4. The lowest BCUT2D eigenvalue weighted by atomic mass is 10.0. The molecular formula is C18H26N4O2. The van der Waals surface area contributed by atoms with Gasteiger partial charge in [-0.15, -0.1) is 0 Å². The van der Waals surface area contributed by atoms with Crippen molar-refractivity contribution in [1.29, 1.82) is 0 Å². The summed E-state index contributed by atoms with van der Waals surface area (Å²) in [5.74, 6) is 0.692. The zero-order chi connectivity index (χ0) is 17.5. The van der Waals surface area contributed by atoms with Crippen molar-refractivity contribution in [2.75, 3.05) is 20.7 Å². The molecular weight excluding hydrogens is 304 g/mol. The summed E-state index contributed by atoms with van der Waals surface area (Å²) in [7, 11) is 5.43. The van der Waals surface area contributed by atoms with E-state index in [2.05, 4.69) is 17.2 Å². The van der Waals surface area contributed by atoms with Crippen LogP contribution in [0.15, 0.2) is 36.8 Å². The average molecular weight is 330 g/mol. The Morgan fingerprint density at radius 2 is 2.12 bits per heavy atom. The van der Waals surface area contributed by atoms with Gasteiger partial charge in [0, 0.05) is 45.5 Å². The van der Waals surface area contributed by atoms with Gasteiger partial charge in [-0.05, 0) is 12.5 Å². The maximum atomic E-state index is 11.8. The summed E-state index contributed by atoms with van der Waals surface area (Å²) in [5, 5.41) is 3.54. The third-order valence-electron chi connectivity index (χ3n) is 4.00. The minimum atomic E-state index is -0.0549. The first-order valence-electron chi connectivity index (χ1n) is 8.13. The van der Waals surface area contributed by atoms with E-state index in [0.717, 1.165) is 30.0 Å². The van der Waals surface area contributed by atoms with Crippen LogP contribution >= 0.6 is 0 Å². The quantitative estimate of drug-likeness (QED) is 0.805. The van der Waals surface area contributed by atoms with E-state index in [-0.39, 0.29) is 18.6 Å². The summed E-state index contributed by atoms with van der Waals surface area (Å²) in [4.78, 5) is 17.4. The molecule has 0 radical (unpaired) electrons. The highest BCUT2D eigenvalue weighted by Crippen LogP contribution is 2.27. The normalized spacial score (nSPS) is 12.0. The Bertz CT molecular complexity index is 667. The summed E-state index contributed by atoms with van der Waals surface area (Å²) in [5.41, 5.74) is 2.18. The van der Waals surface area contributed by atoms with Crippen molar-refractivity contribution in [1.82, 2.24) is 19.8 Å². The first-order valence-corrected chi connectivity index (χ1v) is 8.13. The van der Waals surface area contributed by atoms with Crippen LogP contribution in [0.1, 0.15) is 30.6 Å². The highest BCUT2D eigenvalue weighted by Gasteiger charge is 2.15. The number of carbonyl (C=O) groups is 1. The fourth-order valence-electron chi connectivity index (χ4n) is 2.43. The minimum Gasteiger partial charge on any atom is -0.483 e. The molecule has 1 unspecified atom stereocenters. The lowest BCUT2D eigenvalue weighted by molar-refractivity contribution is -0.130. The molecule has 1 amide bonds. The van der Waals surface area contributed by atoms with Crippen LogP contribution in [0.5, 0.6) is 5.75 Å². The predicted octanol–water partition coefficient (Wildman–Crippen LogP) is 2.13. The zero-order valence-electron chi connectivity index (χ0n) is 14.8. The Morgan fingerprint density at radius 3 is 2.75 bits per heavy atom. The zero-order valence-corrected chi connectivity index (χ0v) is 14.8. The van der Waals surface area contributed by atoms with Crippen LogP contribution in [-0.2, 0) is 18.4 Å². The van der Waals surface area contributed by atoms with Gasteiger partial charge in [0.1, 0.15) is 5.75 Å². The number of rotatable bonds is 8. The van der Waals surface area contributed by atoms with E-state index in [1.807, 2.05) is 42.1 Å². The van der Waals surface area contributed by atoms with Crippen LogP contribution in [0.3, 0.4) is 0 Å². The van der Waals surface area contributed by atoms with E-state index >= 15 is 0 Å². The monoisotopic (exact) mass is 330 g/mol. The fourth-order valence-corrected chi connectivity index (χ4v) is 2.43. The summed E-state index contributed by atoms with van der Waals surface area (Å²) < 4.78 is 7.75. The number of likely N-dealkylation sites (N-methyl/N-ethyl adjacent to an activating group) is 1. The summed E-state index contributed by atoms with van der Waals surface area (Å²) in [6, 6.07) is 8.01. The number of amides is 1. The van der Waals surface area contributed by atoms with Gasteiger partial charge in [0.05, 0.1) is 12.0 Å². The summed E-state index contributed by atoms with van der Waals surface area (Å²) in [6.07, 6.45) is 4.57. The molecule has 0 fully saturated rings. The molecule has 1 atom stereocenters. The molecule has 24 heavy (non-hydrogen) atoms. The van der Waals surface area contributed by atoms with Crippen LogP contribution in [0.4, 0.5) is 0 Å². The van der Waals surface area contributed by atoms with Crippen molar-refractivity contribution < 1.29 is 9.53 Å². The van der Waals surface area contributed by atoms with Crippen molar-refractivity contribution >= 4 is 5.91 Å². The second kappa shape index (κ2) is 8.49. The van der Waals surface area contributed by atoms with Crippen LogP contribution in [0.25, 0.3) is 0 Å². The molecule has 0 aliphatic rings. The van der Waals surface area contributed by atoms with Gasteiger partial charge in [-0.25, -0.2) is 4.98 Å². The second-order valence-electron chi connectivity index (χ2n) is 5.95. The van der Waals surface area contributed by atoms with E-state index in [0.29, 0.717) is 0 Å². The fraction of sp³-hybridized carbons (Fsp3) is 0.444. The highest BCUT2D eigenvalue weighted by molar-refractivity contribution is 5.77. The van der Waals surface area contributed by atoms with Crippen molar-refractivity contribution in [3.63, 3.8) is 0 Å². The molecule has 0 aliphatic heterocycles. The first kappa shape index (κ1) is 18.0.